The van der Waals surface area contributed by atoms with Crippen molar-refractivity contribution in [2.24, 2.45) is 0 Å². The van der Waals surface area contributed by atoms with Crippen LogP contribution in [0.1, 0.15) is 304 Å². The highest BCUT2D eigenvalue weighted by atomic mass is 16.5. The molecule has 4 aromatic rings. The summed E-state index contributed by atoms with van der Waals surface area (Å²) in [7, 11) is 13.0. The highest BCUT2D eigenvalue weighted by Crippen LogP contribution is 1.92. The van der Waals surface area contributed by atoms with Crippen molar-refractivity contribution in [3.8, 4) is 0 Å². The maximum Gasteiger partial charge on any atom is 0.0351 e. The highest BCUT2D eigenvalue weighted by molar-refractivity contribution is 5.76. The molecule has 0 aliphatic heterocycles. The van der Waals surface area contributed by atoms with Gasteiger partial charge in [0.05, 0.1) is 0 Å². The summed E-state index contributed by atoms with van der Waals surface area (Å²) < 4.78 is 17.0. The van der Waals surface area contributed by atoms with Gasteiger partial charge in [0.15, 0.2) is 0 Å². The van der Waals surface area contributed by atoms with Gasteiger partial charge in [-0.05, 0) is 6.92 Å². The normalized spacial score (nSPS) is 4.91. The lowest BCUT2D eigenvalue weighted by Crippen LogP contribution is -1.62. The number of hydrogen-bond acceptors (Lipinski definition) is 4. The van der Waals surface area contributed by atoms with Gasteiger partial charge in [-0.1, -0.05) is 443 Å². The Kier molecular flexibility index (Phi) is 1440. The van der Waals surface area contributed by atoms with Crippen LogP contribution in [0.5, 0.6) is 0 Å². The standard InChI is InChI=1S/C7H8.3C6H6.4C2H6O.21C2H6.CH4.2B/c1-7-5-3-2-4-6-7;3*1-2-4-6-5-3-1;4*1-3-2;21*1-2;;;/h2-6H,1H3;3*1-6H;4*1-2H3;21*1-2H3;1H4;;. The van der Waals surface area contributed by atoms with Gasteiger partial charge in [-0.15, -0.1) is 0 Å². The monoisotopic (exact) mass is 1180 g/mol. The molecule has 4 nitrogen and oxygen atoms in total. The molecule has 0 saturated carbocycles. The first kappa shape index (κ1) is 185. The second-order valence-electron chi connectivity index (χ2n) is 6.75. The van der Waals surface area contributed by atoms with Gasteiger partial charge in [-0.3, -0.25) is 0 Å². The summed E-state index contributed by atoms with van der Waals surface area (Å²) in [6.45, 7) is 86.1. The SMILES string of the molecule is C.CC.CC.CC.CC.CC.CC.CC.CC.CC.CC.CC.CC.CC.CC.CC.CC.CC.CC.CC.CC.CC.COC.COC.COC.COC.Cc1ccccc1.[B].[B].c1ccccc1.c1ccccc1.c1ccccc1. The van der Waals surface area contributed by atoms with Crippen LogP contribution in [0.4, 0.5) is 0 Å². The summed E-state index contributed by atoms with van der Waals surface area (Å²) in [5.74, 6) is 0. The molecule has 0 aliphatic carbocycles. The number of ether oxygens (including phenoxy) is 4. The molecule has 0 saturated heterocycles. The number of methoxy groups -OCH3 is 4. The first-order valence-electron chi connectivity index (χ1n) is 32.7. The third kappa shape index (κ3) is 847. The predicted molar refractivity (Wildman–Crippen MR) is 419 cm³/mol. The van der Waals surface area contributed by atoms with E-state index in [0.29, 0.717) is 0 Å². The molecule has 0 aliphatic rings. The Bertz CT molecular complexity index is 623. The molecule has 0 N–H and O–H groups in total. The van der Waals surface area contributed by atoms with Crippen molar-refractivity contribution >= 4 is 16.8 Å². The van der Waals surface area contributed by atoms with Crippen LogP contribution in [-0.4, -0.2) is 73.7 Å². The summed E-state index contributed by atoms with van der Waals surface area (Å²) in [5.41, 5.74) is 1.32. The topological polar surface area (TPSA) is 36.9 Å². The summed E-state index contributed by atoms with van der Waals surface area (Å²) >= 11 is 0. The van der Waals surface area contributed by atoms with Crippen LogP contribution in [0.15, 0.2) is 140 Å². The third-order valence-corrected chi connectivity index (χ3v) is 2.94. The van der Waals surface area contributed by atoms with E-state index < -0.39 is 0 Å². The molecule has 514 valence electrons. The number of hydrogen-bond donors (Lipinski definition) is 0. The smallest absolute Gasteiger partial charge is 0.0351 e. The Morgan fingerprint density at radius 2 is 0.207 bits per heavy atom. The van der Waals surface area contributed by atoms with Crippen molar-refractivity contribution in [1.82, 2.24) is 0 Å². The van der Waals surface area contributed by atoms with Crippen LogP contribution < -0.4 is 0 Å². The fraction of sp³-hybridized carbons (Fsp3) is 0.684. The first-order chi connectivity index (χ1) is 39.1. The lowest BCUT2D eigenvalue weighted by Gasteiger charge is -1.82. The summed E-state index contributed by atoms with van der Waals surface area (Å²) in [6.07, 6.45) is 0. The molecular weight excluding hydrogens is 998 g/mol. The molecule has 6 heteroatoms. The van der Waals surface area contributed by atoms with Gasteiger partial charge in [0.2, 0.25) is 0 Å². The van der Waals surface area contributed by atoms with E-state index in [1.165, 1.54) is 5.56 Å². The number of rotatable bonds is 0. The third-order valence-electron chi connectivity index (χ3n) is 2.94. The second kappa shape index (κ2) is 638. The zero-order valence-electron chi connectivity index (χ0n) is 67.6. The van der Waals surface area contributed by atoms with Crippen LogP contribution in [0.3, 0.4) is 0 Å². The van der Waals surface area contributed by atoms with E-state index in [4.69, 9.17) is 0 Å². The Balaban J connectivity index is -0.0000000144. The summed E-state index contributed by atoms with van der Waals surface area (Å²) in [4.78, 5) is 0. The van der Waals surface area contributed by atoms with Crippen molar-refractivity contribution in [2.45, 2.75) is 305 Å². The van der Waals surface area contributed by atoms with Gasteiger partial charge in [-0.25, -0.2) is 0 Å². The maximum atomic E-state index is 4.25. The summed E-state index contributed by atoms with van der Waals surface area (Å²) in [6, 6.07) is 46.3. The molecular formula is C76H180B2O4. The van der Waals surface area contributed by atoms with Crippen LogP contribution in [-0.2, 0) is 18.9 Å². The molecule has 0 aromatic heterocycles. The molecule has 0 fully saturated rings. The first-order valence-corrected chi connectivity index (χ1v) is 32.7. The molecule has 4 aromatic carbocycles. The minimum absolute atomic E-state index is 0. The van der Waals surface area contributed by atoms with Gasteiger partial charge in [0.25, 0.3) is 0 Å². The zero-order valence-corrected chi connectivity index (χ0v) is 67.6. The van der Waals surface area contributed by atoms with Crippen LogP contribution in [0.2, 0.25) is 0 Å². The molecule has 0 amide bonds. The van der Waals surface area contributed by atoms with Crippen molar-refractivity contribution in [3.05, 3.63) is 145 Å². The van der Waals surface area contributed by atoms with E-state index in [9.17, 15) is 0 Å². The van der Waals surface area contributed by atoms with Crippen molar-refractivity contribution < 1.29 is 18.9 Å². The number of benzene rings is 4. The molecule has 0 atom stereocenters. The maximum absolute atomic E-state index is 4.25. The number of aryl methyl sites for hydroxylation is 1. The Labute approximate surface area is 540 Å². The average Bonchev–Trinajstić information content (AvgIpc) is 3.61. The van der Waals surface area contributed by atoms with E-state index in [2.05, 4.69) is 38.0 Å². The quantitative estimate of drug-likeness (QED) is 0.164. The van der Waals surface area contributed by atoms with E-state index in [0.717, 1.165) is 0 Å². The van der Waals surface area contributed by atoms with Gasteiger partial charge >= 0.3 is 0 Å². The molecule has 0 spiro atoms. The van der Waals surface area contributed by atoms with Crippen LogP contribution >= 0.6 is 0 Å². The lowest BCUT2D eigenvalue weighted by molar-refractivity contribution is 0.277. The van der Waals surface area contributed by atoms with Crippen molar-refractivity contribution in [3.63, 3.8) is 0 Å². The van der Waals surface area contributed by atoms with Crippen molar-refractivity contribution in [2.75, 3.05) is 56.9 Å². The van der Waals surface area contributed by atoms with Crippen molar-refractivity contribution in [1.29, 1.82) is 0 Å². The van der Waals surface area contributed by atoms with E-state index >= 15 is 0 Å². The molecule has 4 rings (SSSR count). The van der Waals surface area contributed by atoms with E-state index in [-0.39, 0.29) is 24.3 Å². The fourth-order valence-corrected chi connectivity index (χ4v) is 1.69. The Hall–Kier alpha value is -3.15. The molecule has 0 heterocycles. The largest absolute Gasteiger partial charge is 0.388 e. The predicted octanol–water partition coefficient (Wildman–Crippen LogP) is 29.5. The molecule has 0 unspecified atom stereocenters. The Morgan fingerprint density at radius 3 is 0.244 bits per heavy atom. The highest BCUT2D eigenvalue weighted by Gasteiger charge is 1.72. The average molecular weight is 1180 g/mol. The Morgan fingerprint density at radius 1 is 0.159 bits per heavy atom. The van der Waals surface area contributed by atoms with Gasteiger partial charge in [0, 0.05) is 73.7 Å². The molecule has 6 radical (unpaired) electrons. The van der Waals surface area contributed by atoms with E-state index in [1.54, 1.807) is 56.9 Å². The fourth-order valence-electron chi connectivity index (χ4n) is 1.69. The minimum atomic E-state index is 0. The minimum Gasteiger partial charge on any atom is -0.388 e. The molecule has 82 heavy (non-hydrogen) atoms. The summed E-state index contributed by atoms with van der Waals surface area (Å²) in [5, 5.41) is 0. The van der Waals surface area contributed by atoms with Crippen LogP contribution in [0, 0.1) is 6.92 Å². The lowest BCUT2D eigenvalue weighted by atomic mass is 10.2. The van der Waals surface area contributed by atoms with Gasteiger partial charge in [-0.2, -0.15) is 0 Å². The molecule has 0 bridgehead atoms. The van der Waals surface area contributed by atoms with E-state index in [1.807, 2.05) is 418 Å². The zero-order chi connectivity index (χ0) is 70.7. The van der Waals surface area contributed by atoms with Gasteiger partial charge < -0.3 is 18.9 Å². The van der Waals surface area contributed by atoms with Crippen LogP contribution in [0.25, 0.3) is 0 Å². The second-order valence-corrected chi connectivity index (χ2v) is 6.75. The van der Waals surface area contributed by atoms with Gasteiger partial charge in [0.1, 0.15) is 0 Å².